The van der Waals surface area contributed by atoms with Crippen molar-refractivity contribution in [3.8, 4) is 0 Å². The van der Waals surface area contributed by atoms with Gasteiger partial charge in [0.2, 0.25) is 0 Å². The van der Waals surface area contributed by atoms with E-state index in [2.05, 4.69) is 149 Å². The minimum atomic E-state index is -4.99. The molecule has 0 aliphatic carbocycles. The smallest absolute Gasteiger partial charge is 0.462 e. The van der Waals surface area contributed by atoms with E-state index < -0.39 is 97.5 Å². The number of carbonyl (C=O) groups excluding carboxylic acids is 4. The molecule has 5 atom stereocenters. The normalized spacial score (nSPS) is 14.5. The zero-order chi connectivity index (χ0) is 76.0. The topological polar surface area (TPSA) is 237 Å². The van der Waals surface area contributed by atoms with E-state index in [0.29, 0.717) is 25.7 Å². The number of ether oxygens (including phenoxy) is 4. The van der Waals surface area contributed by atoms with Gasteiger partial charge in [-0.1, -0.05) is 284 Å². The molecular formula is C85H146O17P2. The molecular weight excluding hydrogens is 1350 g/mol. The monoisotopic (exact) mass is 1500 g/mol. The van der Waals surface area contributed by atoms with Crippen molar-refractivity contribution in [3.05, 3.63) is 122 Å². The highest BCUT2D eigenvalue weighted by Gasteiger charge is 2.30. The van der Waals surface area contributed by atoms with E-state index in [-0.39, 0.29) is 25.7 Å². The quantitative estimate of drug-likeness (QED) is 0.0169. The fourth-order valence-corrected chi connectivity index (χ4v) is 12.3. The number of phosphoric ester groups is 2. The largest absolute Gasteiger partial charge is 0.472 e. The molecule has 0 aromatic carbocycles. The standard InChI is InChI=1S/C85H146O17P2/c1-5-9-13-17-21-25-29-33-36-38-39-41-44-47-50-54-58-62-66-70-83(88)96-76-81(102-85(90)72-68-64-60-56-52-48-42-35-31-27-23-19-15-11-7-3)78-100-104(93,94)98-74-79(86)73-97-103(91,92)99-77-80(101-84(89)71-67-63-59-55-51-45-32-28-24-20-16-12-8-4)75-95-82(87)69-65-61-57-53-49-46-43-40-37-34-30-26-22-18-14-10-6-2/h9-10,13-14,16,20-22,25-26,28,32-37,39,41-42,79-81,86H,5-8,11-12,15,17-19,23-24,27,29-31,38,40,43-78H2,1-4H3,(H,91,92)(H,93,94)/b13-9-,14-10-,20-16-,25-21-,26-22-,32-28-,36-33-,37-34-,41-39-,42-35-. The van der Waals surface area contributed by atoms with E-state index in [1.165, 1.54) is 38.5 Å². The summed E-state index contributed by atoms with van der Waals surface area (Å²) in [5, 5.41) is 10.6. The molecule has 104 heavy (non-hydrogen) atoms. The molecule has 0 aliphatic heterocycles. The van der Waals surface area contributed by atoms with Crippen molar-refractivity contribution >= 4 is 39.5 Å². The number of hydrogen-bond acceptors (Lipinski definition) is 15. The van der Waals surface area contributed by atoms with Gasteiger partial charge in [-0.25, -0.2) is 9.13 Å². The van der Waals surface area contributed by atoms with Crippen LogP contribution in [-0.2, 0) is 65.4 Å². The molecule has 0 saturated carbocycles. The summed E-state index contributed by atoms with van der Waals surface area (Å²) in [7, 11) is -9.97. The first-order valence-electron chi connectivity index (χ1n) is 40.8. The van der Waals surface area contributed by atoms with Crippen molar-refractivity contribution < 1.29 is 80.2 Å². The number of aliphatic hydroxyl groups excluding tert-OH is 1. The van der Waals surface area contributed by atoms with Crippen LogP contribution >= 0.6 is 15.6 Å². The summed E-state index contributed by atoms with van der Waals surface area (Å²) in [6.07, 6.45) is 84.5. The lowest BCUT2D eigenvalue weighted by Gasteiger charge is -2.21. The minimum absolute atomic E-state index is 0.0747. The zero-order valence-corrected chi connectivity index (χ0v) is 67.2. The molecule has 0 heterocycles. The van der Waals surface area contributed by atoms with Gasteiger partial charge in [-0.15, -0.1) is 0 Å². The van der Waals surface area contributed by atoms with Gasteiger partial charge >= 0.3 is 39.5 Å². The Bertz CT molecular complexity index is 2440. The maximum Gasteiger partial charge on any atom is 0.472 e. The SMILES string of the molecule is CC/C=C\C/C=C\C/C=C\C/C=C\CCCCCCCCC(=O)OCC(COP(=O)(O)OCC(O)COP(=O)(O)OCC(COC(=O)CCCCCCCCC/C=C\C/C=C\C/C=C\CC)OC(=O)CCCCCCC/C=C\C/C=C\CCC)OC(=O)CCCCCCC/C=C\CCCCCCCC. The van der Waals surface area contributed by atoms with Crippen LogP contribution in [0.4, 0.5) is 0 Å². The van der Waals surface area contributed by atoms with Crippen LogP contribution in [0.1, 0.15) is 336 Å². The van der Waals surface area contributed by atoms with Gasteiger partial charge in [0.15, 0.2) is 12.2 Å². The lowest BCUT2D eigenvalue weighted by Crippen LogP contribution is -2.30. The lowest BCUT2D eigenvalue weighted by atomic mass is 10.1. The van der Waals surface area contributed by atoms with Crippen LogP contribution in [0.3, 0.4) is 0 Å². The van der Waals surface area contributed by atoms with E-state index in [1.807, 2.05) is 0 Å². The minimum Gasteiger partial charge on any atom is -0.462 e. The molecule has 0 aromatic heterocycles. The summed E-state index contributed by atoms with van der Waals surface area (Å²) < 4.78 is 68.6. The summed E-state index contributed by atoms with van der Waals surface area (Å²) in [6, 6.07) is 0. The van der Waals surface area contributed by atoms with Gasteiger partial charge in [-0.2, -0.15) is 0 Å². The van der Waals surface area contributed by atoms with Crippen LogP contribution < -0.4 is 0 Å². The summed E-state index contributed by atoms with van der Waals surface area (Å²) in [6.45, 7) is 4.56. The molecule has 0 spiro atoms. The van der Waals surface area contributed by atoms with Crippen molar-refractivity contribution in [1.29, 1.82) is 0 Å². The molecule has 3 N–H and O–H groups in total. The Labute approximate surface area is 632 Å². The Morgan fingerprint density at radius 3 is 0.817 bits per heavy atom. The summed E-state index contributed by atoms with van der Waals surface area (Å²) in [5.41, 5.74) is 0. The van der Waals surface area contributed by atoms with Gasteiger partial charge in [0, 0.05) is 25.7 Å². The molecule has 17 nitrogen and oxygen atoms in total. The summed E-state index contributed by atoms with van der Waals surface area (Å²) in [5.74, 6) is -2.22. The van der Waals surface area contributed by atoms with Crippen molar-refractivity contribution in [2.45, 2.75) is 354 Å². The second kappa shape index (κ2) is 76.6. The lowest BCUT2D eigenvalue weighted by molar-refractivity contribution is -0.161. The number of unbranched alkanes of at least 4 members (excludes halogenated alkanes) is 30. The van der Waals surface area contributed by atoms with Crippen LogP contribution in [0.5, 0.6) is 0 Å². The first kappa shape index (κ1) is 99.5. The molecule has 0 bridgehead atoms. The van der Waals surface area contributed by atoms with Crippen molar-refractivity contribution in [1.82, 2.24) is 0 Å². The number of esters is 4. The molecule has 0 aliphatic rings. The van der Waals surface area contributed by atoms with E-state index in [1.54, 1.807) is 0 Å². The zero-order valence-electron chi connectivity index (χ0n) is 65.4. The van der Waals surface area contributed by atoms with E-state index in [0.717, 1.165) is 218 Å². The van der Waals surface area contributed by atoms with Gasteiger partial charge < -0.3 is 33.8 Å². The Morgan fingerprint density at radius 1 is 0.279 bits per heavy atom. The van der Waals surface area contributed by atoms with Gasteiger partial charge in [0.1, 0.15) is 19.3 Å². The number of allylic oxidation sites excluding steroid dienone is 20. The average molecular weight is 1500 g/mol. The summed E-state index contributed by atoms with van der Waals surface area (Å²) >= 11 is 0. The van der Waals surface area contributed by atoms with Crippen molar-refractivity contribution in [2.75, 3.05) is 39.6 Å². The molecule has 0 aromatic rings. The fraction of sp³-hybridized carbons (Fsp3) is 0.718. The number of phosphoric acid groups is 2. The predicted molar refractivity (Wildman–Crippen MR) is 427 cm³/mol. The molecule has 598 valence electrons. The van der Waals surface area contributed by atoms with Crippen molar-refractivity contribution in [3.63, 3.8) is 0 Å². The Morgan fingerprint density at radius 2 is 0.519 bits per heavy atom. The van der Waals surface area contributed by atoms with Gasteiger partial charge in [-0.3, -0.25) is 37.3 Å². The maximum atomic E-state index is 13.1. The highest BCUT2D eigenvalue weighted by molar-refractivity contribution is 7.47. The molecule has 0 saturated heterocycles. The first-order chi connectivity index (χ1) is 50.7. The average Bonchev–Trinajstić information content (AvgIpc) is 0.911. The van der Waals surface area contributed by atoms with Crippen LogP contribution in [0.25, 0.3) is 0 Å². The first-order valence-corrected chi connectivity index (χ1v) is 43.8. The van der Waals surface area contributed by atoms with Gasteiger partial charge in [0.05, 0.1) is 26.4 Å². The van der Waals surface area contributed by atoms with Crippen LogP contribution in [0, 0.1) is 0 Å². The number of carbonyl (C=O) groups is 4. The van der Waals surface area contributed by atoms with Gasteiger partial charge in [0.25, 0.3) is 0 Å². The highest BCUT2D eigenvalue weighted by atomic mass is 31.2. The van der Waals surface area contributed by atoms with Crippen LogP contribution in [0.15, 0.2) is 122 Å². The third-order valence-corrected chi connectivity index (χ3v) is 18.8. The van der Waals surface area contributed by atoms with Crippen molar-refractivity contribution in [2.24, 2.45) is 0 Å². The van der Waals surface area contributed by atoms with Crippen LogP contribution in [0.2, 0.25) is 0 Å². The highest BCUT2D eigenvalue weighted by Crippen LogP contribution is 2.45. The summed E-state index contributed by atoms with van der Waals surface area (Å²) in [4.78, 5) is 73.1. The molecule has 0 amide bonds. The van der Waals surface area contributed by atoms with E-state index in [9.17, 15) is 43.2 Å². The second-order valence-electron chi connectivity index (χ2n) is 26.9. The van der Waals surface area contributed by atoms with Crippen LogP contribution in [-0.4, -0.2) is 96.7 Å². The molecule has 19 heteroatoms. The number of rotatable bonds is 76. The maximum absolute atomic E-state index is 13.1. The second-order valence-corrected chi connectivity index (χ2v) is 29.8. The Kier molecular flexibility index (Phi) is 73.3. The third-order valence-electron chi connectivity index (χ3n) is 16.9. The van der Waals surface area contributed by atoms with Gasteiger partial charge in [-0.05, 0) is 148 Å². The number of aliphatic hydroxyl groups is 1. The Balaban J connectivity index is 5.37. The molecule has 0 rings (SSSR count). The van der Waals surface area contributed by atoms with E-state index >= 15 is 0 Å². The third kappa shape index (κ3) is 75.7. The molecule has 5 unspecified atom stereocenters. The predicted octanol–water partition coefficient (Wildman–Crippen LogP) is 23.9. The molecule has 0 fully saturated rings. The Hall–Kier alpha value is -4.54. The number of hydrogen-bond donors (Lipinski definition) is 3. The van der Waals surface area contributed by atoms with E-state index in [4.69, 9.17) is 37.0 Å². The molecule has 0 radical (unpaired) electrons. The fourth-order valence-electron chi connectivity index (χ4n) is 10.7.